The number of hydrogen-bond donors (Lipinski definition) is 1. The molecule has 4 rings (SSSR count). The molecule has 0 unspecified atom stereocenters. The molecule has 0 aliphatic carbocycles. The number of fused-ring (bicyclic) bond motifs is 1. The van der Waals surface area contributed by atoms with E-state index in [-0.39, 0.29) is 5.03 Å². The van der Waals surface area contributed by atoms with E-state index in [0.717, 1.165) is 28.7 Å². The number of anilines is 1. The first-order chi connectivity index (χ1) is 11.5. The lowest BCUT2D eigenvalue weighted by Gasteiger charge is -2.10. The summed E-state index contributed by atoms with van der Waals surface area (Å²) in [5, 5.41) is 0.954. The number of benzene rings is 1. The molecule has 0 atom stereocenters. The Kier molecular flexibility index (Phi) is 3.61. The van der Waals surface area contributed by atoms with Gasteiger partial charge < -0.3 is 9.13 Å². The Balaban J connectivity index is 1.71. The second-order valence-electron chi connectivity index (χ2n) is 5.48. The molecule has 0 radical (unpaired) electrons. The van der Waals surface area contributed by atoms with Gasteiger partial charge in [0, 0.05) is 37.3 Å². The van der Waals surface area contributed by atoms with Gasteiger partial charge in [-0.05, 0) is 6.07 Å². The molecule has 7 nitrogen and oxygen atoms in total. The second-order valence-corrected chi connectivity index (χ2v) is 8.17. The topological polar surface area (TPSA) is 81.8 Å². The summed E-state index contributed by atoms with van der Waals surface area (Å²) in [6.07, 6.45) is 4.88. The van der Waals surface area contributed by atoms with E-state index in [9.17, 15) is 8.42 Å². The third kappa shape index (κ3) is 2.69. The molecule has 2 aromatic heterocycles. The first-order valence-electron chi connectivity index (χ1n) is 7.33. The van der Waals surface area contributed by atoms with E-state index >= 15 is 0 Å². The molecule has 0 amide bonds. The van der Waals surface area contributed by atoms with E-state index < -0.39 is 10.0 Å². The van der Waals surface area contributed by atoms with Gasteiger partial charge in [0.05, 0.1) is 17.7 Å². The fourth-order valence-electron chi connectivity index (χ4n) is 2.56. The van der Waals surface area contributed by atoms with E-state index in [4.69, 9.17) is 0 Å². The highest BCUT2D eigenvalue weighted by Gasteiger charge is 2.21. The van der Waals surface area contributed by atoms with Gasteiger partial charge in [-0.2, -0.15) is 8.42 Å². The quantitative estimate of drug-likeness (QED) is 0.770. The van der Waals surface area contributed by atoms with Crippen LogP contribution in [0, 0.1) is 0 Å². The standard InChI is InChI=1S/C15H15N5O2S2/c1-19-9-14(16-10-19)24(21,22)18-12-5-3-2-4-11(12)13-8-20-6-7-23-15(20)17-13/h2-5,8-10,18H,6-7H2,1H3. The molecule has 1 aliphatic heterocycles. The van der Waals surface area contributed by atoms with Crippen LogP contribution in [0.1, 0.15) is 0 Å². The van der Waals surface area contributed by atoms with Gasteiger partial charge >= 0.3 is 0 Å². The minimum atomic E-state index is -3.74. The van der Waals surface area contributed by atoms with Crippen molar-refractivity contribution in [1.82, 2.24) is 19.1 Å². The van der Waals surface area contributed by atoms with Gasteiger partial charge in [-0.15, -0.1) is 0 Å². The fraction of sp³-hybridized carbons (Fsp3) is 0.200. The molecule has 0 saturated carbocycles. The molecular weight excluding hydrogens is 346 g/mol. The van der Waals surface area contributed by atoms with E-state index in [1.807, 2.05) is 18.3 Å². The van der Waals surface area contributed by atoms with Gasteiger partial charge in [0.2, 0.25) is 0 Å². The third-order valence-electron chi connectivity index (χ3n) is 3.71. The Morgan fingerprint density at radius 2 is 2.08 bits per heavy atom. The molecule has 0 spiro atoms. The maximum Gasteiger partial charge on any atom is 0.280 e. The smallest absolute Gasteiger partial charge is 0.280 e. The summed E-state index contributed by atoms with van der Waals surface area (Å²) in [6, 6.07) is 7.25. The summed E-state index contributed by atoms with van der Waals surface area (Å²) in [4.78, 5) is 8.52. The predicted molar refractivity (Wildman–Crippen MR) is 92.4 cm³/mol. The number of nitrogens with one attached hydrogen (secondary N) is 1. The van der Waals surface area contributed by atoms with E-state index in [1.54, 1.807) is 35.5 Å². The minimum absolute atomic E-state index is 0.0114. The van der Waals surface area contributed by atoms with Crippen LogP contribution in [0.4, 0.5) is 5.69 Å². The number of aryl methyl sites for hydroxylation is 2. The fourth-order valence-corrected chi connectivity index (χ4v) is 4.57. The maximum atomic E-state index is 12.5. The van der Waals surface area contributed by atoms with E-state index in [1.165, 1.54) is 12.5 Å². The van der Waals surface area contributed by atoms with Gasteiger partial charge in [-0.1, -0.05) is 30.0 Å². The highest BCUT2D eigenvalue weighted by atomic mass is 32.2. The summed E-state index contributed by atoms with van der Waals surface area (Å²) < 4.78 is 31.3. The minimum Gasteiger partial charge on any atom is -0.339 e. The Morgan fingerprint density at radius 3 is 2.83 bits per heavy atom. The lowest BCUT2D eigenvalue weighted by molar-refractivity contribution is 0.598. The second kappa shape index (κ2) is 5.67. The van der Waals surface area contributed by atoms with Crippen LogP contribution in [0.3, 0.4) is 0 Å². The number of thioether (sulfide) groups is 1. The zero-order valence-electron chi connectivity index (χ0n) is 12.9. The average Bonchev–Trinajstić information content (AvgIpc) is 3.22. The van der Waals surface area contributed by atoms with Crippen molar-refractivity contribution in [2.24, 2.45) is 7.05 Å². The van der Waals surface area contributed by atoms with Crippen LogP contribution in [-0.2, 0) is 23.6 Å². The lowest BCUT2D eigenvalue weighted by Crippen LogP contribution is -2.14. The van der Waals surface area contributed by atoms with Crippen LogP contribution in [0.5, 0.6) is 0 Å². The molecule has 3 aromatic rings. The number of hydrogen-bond acceptors (Lipinski definition) is 5. The van der Waals surface area contributed by atoms with Crippen LogP contribution in [-0.4, -0.2) is 33.3 Å². The molecule has 0 bridgehead atoms. The summed E-state index contributed by atoms with van der Waals surface area (Å²) in [5.74, 6) is 1.02. The summed E-state index contributed by atoms with van der Waals surface area (Å²) >= 11 is 1.70. The highest BCUT2D eigenvalue weighted by Crippen LogP contribution is 2.33. The molecule has 24 heavy (non-hydrogen) atoms. The van der Waals surface area contributed by atoms with Gasteiger partial charge in [0.15, 0.2) is 10.2 Å². The first kappa shape index (κ1) is 15.3. The molecule has 1 N–H and O–H groups in total. The number of sulfonamides is 1. The maximum absolute atomic E-state index is 12.5. The van der Waals surface area contributed by atoms with Crippen molar-refractivity contribution in [3.63, 3.8) is 0 Å². The number of aromatic nitrogens is 4. The molecule has 1 aliphatic rings. The van der Waals surface area contributed by atoms with Gasteiger partial charge in [0.1, 0.15) is 0 Å². The first-order valence-corrected chi connectivity index (χ1v) is 9.80. The van der Waals surface area contributed by atoms with Gasteiger partial charge in [0.25, 0.3) is 10.0 Å². The van der Waals surface area contributed by atoms with Crippen molar-refractivity contribution >= 4 is 27.5 Å². The summed E-state index contributed by atoms with van der Waals surface area (Å²) in [5.41, 5.74) is 2.00. The van der Waals surface area contributed by atoms with Gasteiger partial charge in [-0.3, -0.25) is 4.72 Å². The monoisotopic (exact) mass is 361 g/mol. The van der Waals surface area contributed by atoms with Crippen molar-refractivity contribution in [3.05, 3.63) is 43.0 Å². The Labute approximate surface area is 143 Å². The number of imidazole rings is 2. The molecular formula is C15H15N5O2S2. The highest BCUT2D eigenvalue weighted by molar-refractivity contribution is 7.99. The van der Waals surface area contributed by atoms with Crippen LogP contribution in [0.2, 0.25) is 0 Å². The zero-order valence-corrected chi connectivity index (χ0v) is 14.5. The summed E-state index contributed by atoms with van der Waals surface area (Å²) in [7, 11) is -2.01. The third-order valence-corrected chi connectivity index (χ3v) is 5.93. The number of rotatable bonds is 4. The molecule has 0 fully saturated rings. The summed E-state index contributed by atoms with van der Waals surface area (Å²) in [6.45, 7) is 0.925. The largest absolute Gasteiger partial charge is 0.339 e. The van der Waals surface area contributed by atoms with Crippen molar-refractivity contribution in [2.45, 2.75) is 16.7 Å². The molecule has 3 heterocycles. The lowest BCUT2D eigenvalue weighted by atomic mass is 10.1. The van der Waals surface area contributed by atoms with Crippen molar-refractivity contribution in [2.75, 3.05) is 10.5 Å². The van der Waals surface area contributed by atoms with E-state index in [2.05, 4.69) is 19.3 Å². The van der Waals surface area contributed by atoms with Crippen LogP contribution in [0.15, 0.2) is 53.2 Å². The van der Waals surface area contributed by atoms with E-state index in [0.29, 0.717) is 5.69 Å². The molecule has 0 saturated heterocycles. The Bertz CT molecular complexity index is 985. The Morgan fingerprint density at radius 1 is 1.25 bits per heavy atom. The SMILES string of the molecule is Cn1cnc(S(=O)(=O)Nc2ccccc2-c2cn3c(n2)SCC3)c1. The van der Waals surface area contributed by atoms with Crippen molar-refractivity contribution in [1.29, 1.82) is 0 Å². The zero-order chi connectivity index (χ0) is 16.7. The molecule has 124 valence electrons. The van der Waals surface area contributed by atoms with Crippen molar-refractivity contribution in [3.8, 4) is 11.3 Å². The van der Waals surface area contributed by atoms with Crippen LogP contribution >= 0.6 is 11.8 Å². The Hall–Kier alpha value is -2.26. The van der Waals surface area contributed by atoms with Crippen LogP contribution in [0.25, 0.3) is 11.3 Å². The predicted octanol–water partition coefficient (Wildman–Crippen LogP) is 2.19. The van der Waals surface area contributed by atoms with Crippen LogP contribution < -0.4 is 4.72 Å². The molecule has 9 heteroatoms. The van der Waals surface area contributed by atoms with Crippen molar-refractivity contribution < 1.29 is 8.42 Å². The number of para-hydroxylation sites is 1. The normalized spacial score (nSPS) is 13.9. The van der Waals surface area contributed by atoms with Gasteiger partial charge in [-0.25, -0.2) is 9.97 Å². The number of nitrogens with zero attached hydrogens (tertiary/aromatic N) is 4. The average molecular weight is 361 g/mol. The molecule has 1 aromatic carbocycles.